The molecule has 96 valence electrons. The van der Waals surface area contributed by atoms with E-state index in [1.807, 2.05) is 24.3 Å². The molecule has 0 aromatic heterocycles. The van der Waals surface area contributed by atoms with Gasteiger partial charge in [-0.1, -0.05) is 0 Å². The summed E-state index contributed by atoms with van der Waals surface area (Å²) in [4.78, 5) is 16.7. The number of likely N-dealkylation sites (N-methyl/N-ethyl adjacent to an activating group) is 1. The van der Waals surface area contributed by atoms with Gasteiger partial charge in [0.05, 0.1) is 0 Å². The number of amidine groups is 1. The Hall–Kier alpha value is -2.04. The summed E-state index contributed by atoms with van der Waals surface area (Å²) in [5, 5.41) is 12.0. The van der Waals surface area contributed by atoms with E-state index in [1.165, 1.54) is 0 Å². The SMILES string of the molecule is CN(CC(=O)O)c1ccc(C2=NCCCN2)cc1. The summed E-state index contributed by atoms with van der Waals surface area (Å²) in [6.07, 6.45) is 1.07. The summed E-state index contributed by atoms with van der Waals surface area (Å²) in [6.45, 7) is 1.82. The smallest absolute Gasteiger partial charge is 0.323 e. The van der Waals surface area contributed by atoms with E-state index in [4.69, 9.17) is 5.11 Å². The van der Waals surface area contributed by atoms with Crippen LogP contribution in [0.15, 0.2) is 29.3 Å². The molecule has 0 atom stereocenters. The van der Waals surface area contributed by atoms with Crippen LogP contribution in [0.4, 0.5) is 5.69 Å². The Morgan fingerprint density at radius 3 is 2.72 bits per heavy atom. The minimum absolute atomic E-state index is 0.00145. The van der Waals surface area contributed by atoms with E-state index in [1.54, 1.807) is 11.9 Å². The van der Waals surface area contributed by atoms with Gasteiger partial charge in [-0.25, -0.2) is 0 Å². The highest BCUT2D eigenvalue weighted by Gasteiger charge is 2.09. The molecule has 5 nitrogen and oxygen atoms in total. The zero-order valence-corrected chi connectivity index (χ0v) is 10.4. The van der Waals surface area contributed by atoms with Crippen LogP contribution in [0.5, 0.6) is 0 Å². The molecule has 1 aliphatic rings. The van der Waals surface area contributed by atoms with E-state index in [2.05, 4.69) is 10.3 Å². The maximum absolute atomic E-state index is 10.6. The Morgan fingerprint density at radius 1 is 1.44 bits per heavy atom. The molecule has 0 spiro atoms. The first-order chi connectivity index (χ1) is 8.66. The van der Waals surface area contributed by atoms with Crippen molar-refractivity contribution in [3.63, 3.8) is 0 Å². The molecular formula is C13H17N3O2. The van der Waals surface area contributed by atoms with Gasteiger partial charge in [0.15, 0.2) is 0 Å². The number of rotatable bonds is 4. The standard InChI is InChI=1S/C13H17N3O2/c1-16(9-12(17)18)11-5-3-10(4-6-11)13-14-7-2-8-15-13/h3-6H,2,7-9H2,1H3,(H,14,15)(H,17,18). The molecular weight excluding hydrogens is 230 g/mol. The Balaban J connectivity index is 2.09. The summed E-state index contributed by atoms with van der Waals surface area (Å²) in [5.41, 5.74) is 1.93. The molecule has 2 N–H and O–H groups in total. The number of aliphatic imine (C=N–C) groups is 1. The molecule has 1 aromatic carbocycles. The van der Waals surface area contributed by atoms with Crippen molar-refractivity contribution in [2.24, 2.45) is 4.99 Å². The molecule has 0 fully saturated rings. The van der Waals surface area contributed by atoms with Crippen molar-refractivity contribution in [1.82, 2.24) is 5.32 Å². The molecule has 0 aliphatic carbocycles. The van der Waals surface area contributed by atoms with E-state index >= 15 is 0 Å². The molecule has 0 saturated heterocycles. The molecule has 5 heteroatoms. The summed E-state index contributed by atoms with van der Waals surface area (Å²) < 4.78 is 0. The lowest BCUT2D eigenvalue weighted by atomic mass is 10.1. The number of carbonyl (C=O) groups is 1. The average Bonchev–Trinajstić information content (AvgIpc) is 2.39. The van der Waals surface area contributed by atoms with Gasteiger partial charge in [0.2, 0.25) is 0 Å². The Kier molecular flexibility index (Phi) is 3.82. The maximum atomic E-state index is 10.6. The second-order valence-electron chi connectivity index (χ2n) is 4.31. The number of carboxylic acid groups (broad SMARTS) is 1. The zero-order chi connectivity index (χ0) is 13.0. The molecule has 1 heterocycles. The number of nitrogens with zero attached hydrogens (tertiary/aromatic N) is 2. The minimum Gasteiger partial charge on any atom is -0.480 e. The molecule has 0 amide bonds. The number of carboxylic acids is 1. The predicted molar refractivity (Wildman–Crippen MR) is 71.4 cm³/mol. The first-order valence-electron chi connectivity index (χ1n) is 5.98. The number of hydrogen-bond donors (Lipinski definition) is 2. The van der Waals surface area contributed by atoms with Crippen molar-refractivity contribution >= 4 is 17.5 Å². The van der Waals surface area contributed by atoms with Crippen LogP contribution in [-0.4, -0.2) is 43.6 Å². The van der Waals surface area contributed by atoms with Crippen LogP contribution in [0.1, 0.15) is 12.0 Å². The van der Waals surface area contributed by atoms with E-state index in [0.717, 1.165) is 36.6 Å². The van der Waals surface area contributed by atoms with Crippen LogP contribution in [0, 0.1) is 0 Å². The lowest BCUT2D eigenvalue weighted by molar-refractivity contribution is -0.135. The van der Waals surface area contributed by atoms with Crippen molar-refractivity contribution in [2.45, 2.75) is 6.42 Å². The molecule has 1 aromatic rings. The fraction of sp³-hybridized carbons (Fsp3) is 0.385. The lowest BCUT2D eigenvalue weighted by Gasteiger charge is -2.18. The largest absolute Gasteiger partial charge is 0.480 e. The third kappa shape index (κ3) is 3.00. The third-order valence-electron chi connectivity index (χ3n) is 2.85. The van der Waals surface area contributed by atoms with Gasteiger partial charge in [0, 0.05) is 31.4 Å². The van der Waals surface area contributed by atoms with Gasteiger partial charge in [-0.05, 0) is 30.7 Å². The number of nitrogens with one attached hydrogen (secondary N) is 1. The lowest BCUT2D eigenvalue weighted by Crippen LogP contribution is -2.30. The Labute approximate surface area is 106 Å². The molecule has 2 rings (SSSR count). The predicted octanol–water partition coefficient (Wildman–Crippen LogP) is 0.947. The topological polar surface area (TPSA) is 64.9 Å². The van der Waals surface area contributed by atoms with E-state index in [-0.39, 0.29) is 6.54 Å². The molecule has 0 radical (unpaired) electrons. The van der Waals surface area contributed by atoms with E-state index < -0.39 is 5.97 Å². The van der Waals surface area contributed by atoms with Crippen molar-refractivity contribution in [2.75, 3.05) is 31.6 Å². The van der Waals surface area contributed by atoms with Gasteiger partial charge in [0.25, 0.3) is 0 Å². The van der Waals surface area contributed by atoms with Crippen molar-refractivity contribution in [3.05, 3.63) is 29.8 Å². The van der Waals surface area contributed by atoms with Crippen LogP contribution in [0.25, 0.3) is 0 Å². The van der Waals surface area contributed by atoms with Crippen molar-refractivity contribution in [3.8, 4) is 0 Å². The number of aliphatic carboxylic acids is 1. The highest BCUT2D eigenvalue weighted by Crippen LogP contribution is 2.14. The van der Waals surface area contributed by atoms with Crippen LogP contribution >= 0.6 is 0 Å². The fourth-order valence-corrected chi connectivity index (χ4v) is 1.89. The molecule has 18 heavy (non-hydrogen) atoms. The van der Waals surface area contributed by atoms with E-state index in [0.29, 0.717) is 0 Å². The number of hydrogen-bond acceptors (Lipinski definition) is 4. The highest BCUT2D eigenvalue weighted by molar-refractivity contribution is 5.99. The van der Waals surface area contributed by atoms with Crippen LogP contribution < -0.4 is 10.2 Å². The molecule has 0 bridgehead atoms. The van der Waals surface area contributed by atoms with Gasteiger partial charge in [-0.15, -0.1) is 0 Å². The van der Waals surface area contributed by atoms with Crippen LogP contribution in [0.2, 0.25) is 0 Å². The Bertz CT molecular complexity index is 454. The van der Waals surface area contributed by atoms with Gasteiger partial charge in [-0.3, -0.25) is 9.79 Å². The first-order valence-corrected chi connectivity index (χ1v) is 5.98. The third-order valence-corrected chi connectivity index (χ3v) is 2.85. The van der Waals surface area contributed by atoms with Crippen LogP contribution in [-0.2, 0) is 4.79 Å². The van der Waals surface area contributed by atoms with Gasteiger partial charge in [-0.2, -0.15) is 0 Å². The molecule has 0 saturated carbocycles. The number of anilines is 1. The molecule has 1 aliphatic heterocycles. The van der Waals surface area contributed by atoms with E-state index in [9.17, 15) is 4.79 Å². The highest BCUT2D eigenvalue weighted by atomic mass is 16.4. The first kappa shape index (κ1) is 12.4. The van der Waals surface area contributed by atoms with Crippen molar-refractivity contribution < 1.29 is 9.90 Å². The minimum atomic E-state index is -0.833. The van der Waals surface area contributed by atoms with Crippen molar-refractivity contribution in [1.29, 1.82) is 0 Å². The normalized spacial score (nSPS) is 14.6. The van der Waals surface area contributed by atoms with Gasteiger partial charge < -0.3 is 15.3 Å². The zero-order valence-electron chi connectivity index (χ0n) is 10.4. The summed E-state index contributed by atoms with van der Waals surface area (Å²) in [7, 11) is 1.76. The summed E-state index contributed by atoms with van der Waals surface area (Å²) in [6, 6.07) is 7.75. The maximum Gasteiger partial charge on any atom is 0.323 e. The van der Waals surface area contributed by atoms with Gasteiger partial charge >= 0.3 is 5.97 Å². The monoisotopic (exact) mass is 247 g/mol. The summed E-state index contributed by atoms with van der Waals surface area (Å²) >= 11 is 0. The fourth-order valence-electron chi connectivity index (χ4n) is 1.89. The van der Waals surface area contributed by atoms with Crippen LogP contribution in [0.3, 0.4) is 0 Å². The quantitative estimate of drug-likeness (QED) is 0.831. The second-order valence-corrected chi connectivity index (χ2v) is 4.31. The molecule has 0 unspecified atom stereocenters. The second kappa shape index (κ2) is 5.53. The van der Waals surface area contributed by atoms with Gasteiger partial charge in [0.1, 0.15) is 12.4 Å². The average molecular weight is 247 g/mol. The Morgan fingerprint density at radius 2 is 2.17 bits per heavy atom. The summed E-state index contributed by atoms with van der Waals surface area (Å²) in [5.74, 6) is 0.0913. The number of benzene rings is 1.